The average molecular weight is 203 g/mol. The molecular weight excluding hydrogens is 190 g/mol. The molecule has 0 bridgehead atoms. The van der Waals surface area contributed by atoms with E-state index < -0.39 is 11.9 Å². The molecule has 0 fully saturated rings. The highest BCUT2D eigenvalue weighted by Gasteiger charge is 2.11. The van der Waals surface area contributed by atoms with E-state index in [9.17, 15) is 9.59 Å². The summed E-state index contributed by atoms with van der Waals surface area (Å²) in [5, 5.41) is 2.42. The fourth-order valence-electron chi connectivity index (χ4n) is 0.568. The standard InChI is InChI=1S/C8H13NO3S/c1-3-5-13-6-4-9-7(10)8(11)12-2/h3H,1,4-6H2,2H3,(H,9,10). The topological polar surface area (TPSA) is 55.4 Å². The van der Waals surface area contributed by atoms with Gasteiger partial charge in [0.25, 0.3) is 0 Å². The molecule has 0 unspecified atom stereocenters. The van der Waals surface area contributed by atoms with Crippen molar-refractivity contribution in [2.75, 3.05) is 25.2 Å². The molecule has 74 valence electrons. The SMILES string of the molecule is C=CCSCCNC(=O)C(=O)OC. The number of methoxy groups -OCH3 is 1. The Balaban J connectivity index is 3.37. The summed E-state index contributed by atoms with van der Waals surface area (Å²) in [6.07, 6.45) is 1.78. The molecule has 0 saturated carbocycles. The van der Waals surface area contributed by atoms with Crippen LogP contribution in [-0.4, -0.2) is 37.0 Å². The molecule has 0 aliphatic carbocycles. The first kappa shape index (κ1) is 12.0. The van der Waals surface area contributed by atoms with E-state index in [-0.39, 0.29) is 0 Å². The summed E-state index contributed by atoms with van der Waals surface area (Å²) < 4.78 is 4.22. The van der Waals surface area contributed by atoms with Gasteiger partial charge in [-0.15, -0.1) is 6.58 Å². The number of amides is 1. The van der Waals surface area contributed by atoms with Crippen LogP contribution in [0.1, 0.15) is 0 Å². The number of ether oxygens (including phenoxy) is 1. The van der Waals surface area contributed by atoms with Crippen LogP contribution in [0.2, 0.25) is 0 Å². The third-order valence-electron chi connectivity index (χ3n) is 1.14. The summed E-state index contributed by atoms with van der Waals surface area (Å²) in [5.41, 5.74) is 0. The van der Waals surface area contributed by atoms with Gasteiger partial charge in [0.15, 0.2) is 0 Å². The quantitative estimate of drug-likeness (QED) is 0.300. The highest BCUT2D eigenvalue weighted by molar-refractivity contribution is 7.99. The Morgan fingerprint density at radius 2 is 2.31 bits per heavy atom. The third-order valence-corrected chi connectivity index (χ3v) is 2.10. The number of rotatable bonds is 5. The Hall–Kier alpha value is -0.970. The van der Waals surface area contributed by atoms with Crippen molar-refractivity contribution in [3.63, 3.8) is 0 Å². The Kier molecular flexibility index (Phi) is 7.10. The molecule has 0 aromatic rings. The van der Waals surface area contributed by atoms with Crippen LogP contribution in [-0.2, 0) is 14.3 Å². The fourth-order valence-corrected chi connectivity index (χ4v) is 1.15. The van der Waals surface area contributed by atoms with E-state index in [1.807, 2.05) is 0 Å². The van der Waals surface area contributed by atoms with E-state index in [0.29, 0.717) is 6.54 Å². The van der Waals surface area contributed by atoms with Crippen LogP contribution in [0.15, 0.2) is 12.7 Å². The maximum absolute atomic E-state index is 10.8. The van der Waals surface area contributed by atoms with Crippen LogP contribution in [0.3, 0.4) is 0 Å². The second-order valence-electron chi connectivity index (χ2n) is 2.11. The molecule has 0 aliphatic heterocycles. The maximum atomic E-state index is 10.8. The van der Waals surface area contributed by atoms with Gasteiger partial charge < -0.3 is 10.1 Å². The number of nitrogens with one attached hydrogen (secondary N) is 1. The van der Waals surface area contributed by atoms with Gasteiger partial charge in [-0.25, -0.2) is 4.79 Å². The van der Waals surface area contributed by atoms with Crippen LogP contribution in [0, 0.1) is 0 Å². The Morgan fingerprint density at radius 1 is 1.62 bits per heavy atom. The van der Waals surface area contributed by atoms with Gasteiger partial charge in [-0.2, -0.15) is 11.8 Å². The predicted molar refractivity (Wildman–Crippen MR) is 52.5 cm³/mol. The number of carbonyl (C=O) groups is 2. The van der Waals surface area contributed by atoms with Crippen molar-refractivity contribution in [3.05, 3.63) is 12.7 Å². The number of carbonyl (C=O) groups excluding carboxylic acids is 2. The summed E-state index contributed by atoms with van der Waals surface area (Å²) in [5.74, 6) is 0.0541. The van der Waals surface area contributed by atoms with Crippen molar-refractivity contribution >= 4 is 23.6 Å². The Bertz CT molecular complexity index is 194. The number of hydrogen-bond acceptors (Lipinski definition) is 4. The lowest BCUT2D eigenvalue weighted by atomic mass is 10.6. The van der Waals surface area contributed by atoms with Gasteiger partial charge in [0, 0.05) is 18.1 Å². The van der Waals surface area contributed by atoms with E-state index in [1.54, 1.807) is 17.8 Å². The lowest BCUT2D eigenvalue weighted by Gasteiger charge is -2.01. The van der Waals surface area contributed by atoms with Crippen molar-refractivity contribution in [1.29, 1.82) is 0 Å². The lowest BCUT2D eigenvalue weighted by Crippen LogP contribution is -2.33. The molecule has 1 amide bonds. The molecule has 0 saturated heterocycles. The second-order valence-corrected chi connectivity index (χ2v) is 3.26. The van der Waals surface area contributed by atoms with Gasteiger partial charge in [-0.1, -0.05) is 6.08 Å². The third kappa shape index (κ3) is 6.21. The molecule has 4 nitrogen and oxygen atoms in total. The van der Waals surface area contributed by atoms with Crippen molar-refractivity contribution in [2.45, 2.75) is 0 Å². The van der Waals surface area contributed by atoms with Crippen molar-refractivity contribution < 1.29 is 14.3 Å². The van der Waals surface area contributed by atoms with Crippen molar-refractivity contribution in [3.8, 4) is 0 Å². The summed E-state index contributed by atoms with van der Waals surface area (Å²) >= 11 is 1.63. The molecule has 0 aromatic heterocycles. The number of thioether (sulfide) groups is 1. The smallest absolute Gasteiger partial charge is 0.396 e. The largest absolute Gasteiger partial charge is 0.462 e. The van der Waals surface area contributed by atoms with Crippen molar-refractivity contribution in [2.24, 2.45) is 0 Å². The predicted octanol–water partition coefficient (Wildman–Crippen LogP) is 0.195. The summed E-state index contributed by atoms with van der Waals surface area (Å²) in [4.78, 5) is 21.4. The first-order valence-corrected chi connectivity index (χ1v) is 4.92. The zero-order valence-corrected chi connectivity index (χ0v) is 8.36. The van der Waals surface area contributed by atoms with Gasteiger partial charge >= 0.3 is 11.9 Å². The Morgan fingerprint density at radius 3 is 2.85 bits per heavy atom. The van der Waals surface area contributed by atoms with E-state index in [0.717, 1.165) is 11.5 Å². The monoisotopic (exact) mass is 203 g/mol. The van der Waals surface area contributed by atoms with E-state index in [4.69, 9.17) is 0 Å². The van der Waals surface area contributed by atoms with Crippen LogP contribution < -0.4 is 5.32 Å². The normalized spacial score (nSPS) is 9.00. The number of hydrogen-bond donors (Lipinski definition) is 1. The minimum Gasteiger partial charge on any atom is -0.462 e. The molecule has 1 N–H and O–H groups in total. The summed E-state index contributed by atoms with van der Waals surface area (Å²) in [6, 6.07) is 0. The highest BCUT2D eigenvalue weighted by atomic mass is 32.2. The van der Waals surface area contributed by atoms with Crippen LogP contribution in [0.25, 0.3) is 0 Å². The van der Waals surface area contributed by atoms with Gasteiger partial charge in [-0.05, 0) is 0 Å². The van der Waals surface area contributed by atoms with E-state index >= 15 is 0 Å². The molecule has 13 heavy (non-hydrogen) atoms. The molecule has 5 heteroatoms. The minimum atomic E-state index is -0.853. The summed E-state index contributed by atoms with van der Waals surface area (Å²) in [7, 11) is 1.17. The molecule has 0 heterocycles. The molecule has 0 rings (SSSR count). The van der Waals surface area contributed by atoms with Gasteiger partial charge in [0.1, 0.15) is 0 Å². The molecule has 0 spiro atoms. The molecular formula is C8H13NO3S. The van der Waals surface area contributed by atoms with Crippen molar-refractivity contribution in [1.82, 2.24) is 5.32 Å². The van der Waals surface area contributed by atoms with Crippen LogP contribution in [0.4, 0.5) is 0 Å². The molecule has 0 radical (unpaired) electrons. The summed E-state index contributed by atoms with van der Waals surface area (Å²) in [6.45, 7) is 4.02. The lowest BCUT2D eigenvalue weighted by molar-refractivity contribution is -0.152. The molecule has 0 aliphatic rings. The highest BCUT2D eigenvalue weighted by Crippen LogP contribution is 1.96. The van der Waals surface area contributed by atoms with Crippen LogP contribution >= 0.6 is 11.8 Å². The second kappa shape index (κ2) is 7.67. The van der Waals surface area contributed by atoms with Gasteiger partial charge in [-0.3, -0.25) is 4.79 Å². The first-order valence-electron chi connectivity index (χ1n) is 3.77. The average Bonchev–Trinajstić information content (AvgIpc) is 2.16. The van der Waals surface area contributed by atoms with Gasteiger partial charge in [0.2, 0.25) is 0 Å². The molecule has 0 atom stereocenters. The fraction of sp³-hybridized carbons (Fsp3) is 0.500. The van der Waals surface area contributed by atoms with Crippen LogP contribution in [0.5, 0.6) is 0 Å². The number of esters is 1. The maximum Gasteiger partial charge on any atom is 0.396 e. The zero-order chi connectivity index (χ0) is 10.1. The minimum absolute atomic E-state index is 0.465. The van der Waals surface area contributed by atoms with Gasteiger partial charge in [0.05, 0.1) is 7.11 Å². The van der Waals surface area contributed by atoms with E-state index in [1.165, 1.54) is 7.11 Å². The zero-order valence-electron chi connectivity index (χ0n) is 7.54. The Labute approximate surface area is 81.7 Å². The van der Waals surface area contributed by atoms with E-state index in [2.05, 4.69) is 16.6 Å². The molecule has 0 aromatic carbocycles. The first-order chi connectivity index (χ1) is 6.22.